The van der Waals surface area contributed by atoms with Crippen LogP contribution in [-0.2, 0) is 11.3 Å². The molecule has 1 saturated carbocycles. The number of nitrogens with one attached hydrogen (secondary N) is 1. The number of hydrogen-bond acceptors (Lipinski definition) is 3. The first-order valence-electron chi connectivity index (χ1n) is 6.89. The fourth-order valence-corrected chi connectivity index (χ4v) is 3.04. The molecule has 18 heavy (non-hydrogen) atoms. The minimum atomic E-state index is 0.403. The standard InChI is InChI=1S/C14H25N3O/c1-10-14(9-15-3)11(2)17(16-10)12-6-5-7-13(8-12)18-4/h12-13,15H,5-9H2,1-4H3. The van der Waals surface area contributed by atoms with E-state index < -0.39 is 0 Å². The minimum Gasteiger partial charge on any atom is -0.381 e. The van der Waals surface area contributed by atoms with Gasteiger partial charge >= 0.3 is 0 Å². The Morgan fingerprint density at radius 2 is 2.17 bits per heavy atom. The average Bonchev–Trinajstić information content (AvgIpc) is 2.67. The molecule has 0 saturated heterocycles. The fourth-order valence-electron chi connectivity index (χ4n) is 3.04. The Labute approximate surface area is 110 Å². The lowest BCUT2D eigenvalue weighted by atomic mass is 9.93. The second-order valence-electron chi connectivity index (χ2n) is 5.30. The van der Waals surface area contributed by atoms with Crippen LogP contribution in [0.15, 0.2) is 0 Å². The lowest BCUT2D eigenvalue weighted by Crippen LogP contribution is -2.25. The van der Waals surface area contributed by atoms with Gasteiger partial charge in [0.15, 0.2) is 0 Å². The van der Waals surface area contributed by atoms with E-state index in [0.29, 0.717) is 12.1 Å². The van der Waals surface area contributed by atoms with Crippen molar-refractivity contribution in [3.05, 3.63) is 17.0 Å². The lowest BCUT2D eigenvalue weighted by molar-refractivity contribution is 0.0503. The number of ether oxygens (including phenoxy) is 1. The van der Waals surface area contributed by atoms with Gasteiger partial charge in [0.25, 0.3) is 0 Å². The van der Waals surface area contributed by atoms with Gasteiger partial charge < -0.3 is 10.1 Å². The first-order valence-corrected chi connectivity index (χ1v) is 6.89. The molecular weight excluding hydrogens is 226 g/mol. The Hall–Kier alpha value is -0.870. The summed E-state index contributed by atoms with van der Waals surface area (Å²) in [6.45, 7) is 5.19. The van der Waals surface area contributed by atoms with Gasteiger partial charge in [0.05, 0.1) is 17.8 Å². The molecule has 2 unspecified atom stereocenters. The molecule has 0 aromatic carbocycles. The molecule has 0 amide bonds. The number of rotatable bonds is 4. The van der Waals surface area contributed by atoms with E-state index in [0.717, 1.165) is 18.7 Å². The Balaban J connectivity index is 2.20. The topological polar surface area (TPSA) is 39.1 Å². The van der Waals surface area contributed by atoms with E-state index in [1.54, 1.807) is 0 Å². The van der Waals surface area contributed by atoms with Gasteiger partial charge in [0, 0.05) is 24.9 Å². The largest absolute Gasteiger partial charge is 0.381 e. The molecule has 1 aliphatic rings. The molecule has 0 bridgehead atoms. The average molecular weight is 251 g/mol. The van der Waals surface area contributed by atoms with Crippen molar-refractivity contribution < 1.29 is 4.74 Å². The Morgan fingerprint density at radius 1 is 1.39 bits per heavy atom. The van der Waals surface area contributed by atoms with E-state index in [1.807, 2.05) is 14.2 Å². The second kappa shape index (κ2) is 5.85. The van der Waals surface area contributed by atoms with Gasteiger partial charge in [-0.25, -0.2) is 0 Å². The summed E-state index contributed by atoms with van der Waals surface area (Å²) in [6.07, 6.45) is 5.15. The molecule has 0 spiro atoms. The number of methoxy groups -OCH3 is 1. The van der Waals surface area contributed by atoms with E-state index in [-0.39, 0.29) is 0 Å². The molecule has 102 valence electrons. The molecule has 2 atom stereocenters. The maximum Gasteiger partial charge on any atom is 0.0641 e. The number of nitrogens with zero attached hydrogens (tertiary/aromatic N) is 2. The van der Waals surface area contributed by atoms with Crippen LogP contribution in [0.5, 0.6) is 0 Å². The number of aromatic nitrogens is 2. The van der Waals surface area contributed by atoms with Crippen LogP contribution in [0, 0.1) is 13.8 Å². The summed E-state index contributed by atoms with van der Waals surface area (Å²) < 4.78 is 7.74. The molecule has 0 radical (unpaired) electrons. The Morgan fingerprint density at radius 3 is 2.83 bits per heavy atom. The summed E-state index contributed by atoms with van der Waals surface area (Å²) in [5.41, 5.74) is 3.81. The monoisotopic (exact) mass is 251 g/mol. The first-order chi connectivity index (χ1) is 8.67. The van der Waals surface area contributed by atoms with Crippen LogP contribution in [-0.4, -0.2) is 30.0 Å². The van der Waals surface area contributed by atoms with E-state index in [4.69, 9.17) is 9.84 Å². The normalized spacial score (nSPS) is 24.4. The molecule has 0 aliphatic heterocycles. The molecule has 2 rings (SSSR count). The molecule has 4 nitrogen and oxygen atoms in total. The van der Waals surface area contributed by atoms with Crippen LogP contribution in [0.1, 0.15) is 48.7 Å². The zero-order chi connectivity index (χ0) is 13.1. The first kappa shape index (κ1) is 13.6. The fraction of sp³-hybridized carbons (Fsp3) is 0.786. The zero-order valence-corrected chi connectivity index (χ0v) is 12.0. The Bertz CT molecular complexity index is 400. The number of aryl methyl sites for hydroxylation is 1. The minimum absolute atomic E-state index is 0.403. The lowest BCUT2D eigenvalue weighted by Gasteiger charge is -2.29. The van der Waals surface area contributed by atoms with Crippen molar-refractivity contribution in [2.45, 2.75) is 58.2 Å². The summed E-state index contributed by atoms with van der Waals surface area (Å²) >= 11 is 0. The van der Waals surface area contributed by atoms with E-state index in [1.165, 1.54) is 30.5 Å². The van der Waals surface area contributed by atoms with Crippen molar-refractivity contribution in [3.63, 3.8) is 0 Å². The van der Waals surface area contributed by atoms with Gasteiger partial charge in [-0.05, 0) is 46.6 Å². The quantitative estimate of drug-likeness (QED) is 0.893. The van der Waals surface area contributed by atoms with Gasteiger partial charge in [-0.2, -0.15) is 5.10 Å². The third-order valence-corrected chi connectivity index (χ3v) is 4.11. The maximum atomic E-state index is 5.51. The molecule has 1 N–H and O–H groups in total. The smallest absolute Gasteiger partial charge is 0.0641 e. The van der Waals surface area contributed by atoms with Crippen molar-refractivity contribution in [1.29, 1.82) is 0 Å². The number of hydrogen-bond donors (Lipinski definition) is 1. The molecule has 1 aromatic heterocycles. The van der Waals surface area contributed by atoms with Gasteiger partial charge in [-0.15, -0.1) is 0 Å². The highest BCUT2D eigenvalue weighted by Gasteiger charge is 2.25. The van der Waals surface area contributed by atoms with E-state index in [2.05, 4.69) is 23.8 Å². The van der Waals surface area contributed by atoms with Crippen LogP contribution in [0.25, 0.3) is 0 Å². The highest BCUT2D eigenvalue weighted by molar-refractivity contribution is 5.24. The van der Waals surface area contributed by atoms with E-state index >= 15 is 0 Å². The highest BCUT2D eigenvalue weighted by atomic mass is 16.5. The molecule has 1 heterocycles. The SMILES string of the molecule is CNCc1c(C)nn(C2CCCC(OC)C2)c1C. The third-order valence-electron chi connectivity index (χ3n) is 4.11. The van der Waals surface area contributed by atoms with Crippen molar-refractivity contribution in [1.82, 2.24) is 15.1 Å². The van der Waals surface area contributed by atoms with Crippen molar-refractivity contribution in [2.24, 2.45) is 0 Å². The van der Waals surface area contributed by atoms with Crippen LogP contribution >= 0.6 is 0 Å². The second-order valence-corrected chi connectivity index (χ2v) is 5.30. The predicted molar refractivity (Wildman–Crippen MR) is 72.8 cm³/mol. The Kier molecular flexibility index (Phi) is 4.40. The van der Waals surface area contributed by atoms with Gasteiger partial charge in [-0.3, -0.25) is 4.68 Å². The summed E-state index contributed by atoms with van der Waals surface area (Å²) in [5.74, 6) is 0. The summed E-state index contributed by atoms with van der Waals surface area (Å²) in [6, 6.07) is 0.507. The summed E-state index contributed by atoms with van der Waals surface area (Å²) in [5, 5.41) is 7.97. The van der Waals surface area contributed by atoms with Gasteiger partial charge in [0.1, 0.15) is 0 Å². The zero-order valence-electron chi connectivity index (χ0n) is 12.0. The third kappa shape index (κ3) is 2.59. The van der Waals surface area contributed by atoms with Gasteiger partial charge in [0.2, 0.25) is 0 Å². The van der Waals surface area contributed by atoms with Crippen LogP contribution in [0.2, 0.25) is 0 Å². The highest BCUT2D eigenvalue weighted by Crippen LogP contribution is 2.31. The van der Waals surface area contributed by atoms with Crippen molar-refractivity contribution in [3.8, 4) is 0 Å². The summed E-state index contributed by atoms with van der Waals surface area (Å²) in [4.78, 5) is 0. The molecule has 4 heteroatoms. The molecule has 1 aromatic rings. The molecule has 1 fully saturated rings. The van der Waals surface area contributed by atoms with Crippen molar-refractivity contribution >= 4 is 0 Å². The van der Waals surface area contributed by atoms with Crippen LogP contribution in [0.4, 0.5) is 0 Å². The van der Waals surface area contributed by atoms with E-state index in [9.17, 15) is 0 Å². The van der Waals surface area contributed by atoms with Crippen molar-refractivity contribution in [2.75, 3.05) is 14.2 Å². The predicted octanol–water partition coefficient (Wildman–Crippen LogP) is 2.35. The maximum absolute atomic E-state index is 5.51. The van der Waals surface area contributed by atoms with Crippen LogP contribution in [0.3, 0.4) is 0 Å². The van der Waals surface area contributed by atoms with Gasteiger partial charge in [-0.1, -0.05) is 0 Å². The van der Waals surface area contributed by atoms with Crippen LogP contribution < -0.4 is 5.32 Å². The summed E-state index contributed by atoms with van der Waals surface area (Å²) in [7, 11) is 3.80. The molecule has 1 aliphatic carbocycles. The molecular formula is C14H25N3O.